The molecule has 3 aromatic rings. The minimum atomic E-state index is -0.239. The van der Waals surface area contributed by atoms with Crippen molar-refractivity contribution in [1.29, 1.82) is 0 Å². The number of carbonyl (C=O) groups excluding carboxylic acids is 1. The molecule has 0 unspecified atom stereocenters. The summed E-state index contributed by atoms with van der Waals surface area (Å²) in [5, 5.41) is 7.07. The number of rotatable bonds is 9. The summed E-state index contributed by atoms with van der Waals surface area (Å²) in [6, 6.07) is 22.7. The summed E-state index contributed by atoms with van der Waals surface area (Å²) < 4.78 is 12.3. The normalized spacial score (nSPS) is 10.6. The summed E-state index contributed by atoms with van der Waals surface area (Å²) in [4.78, 5) is 12.2. The summed E-state index contributed by atoms with van der Waals surface area (Å²) in [5.41, 5.74) is 5.46. The number of hydrogen-bond donors (Lipinski definition) is 2. The van der Waals surface area contributed by atoms with E-state index in [1.807, 2.05) is 79.7 Å². The van der Waals surface area contributed by atoms with Crippen LogP contribution in [-0.2, 0) is 4.79 Å². The van der Waals surface area contributed by atoms with E-state index in [0.29, 0.717) is 18.1 Å². The van der Waals surface area contributed by atoms with Crippen molar-refractivity contribution >= 4 is 46.1 Å². The van der Waals surface area contributed by atoms with Crippen LogP contribution in [-0.4, -0.2) is 25.3 Å². The van der Waals surface area contributed by atoms with Crippen molar-refractivity contribution in [3.63, 3.8) is 0 Å². The average Bonchev–Trinajstić information content (AvgIpc) is 2.75. The SMILES string of the molecule is CCOc1cc(/C=N/Nc2ccccc2)cc(I)c1OCC(=O)Nc1ccccc1. The number of nitrogens with one attached hydrogen (secondary N) is 2. The van der Waals surface area contributed by atoms with Crippen LogP contribution in [0.3, 0.4) is 0 Å². The first-order valence-electron chi connectivity index (χ1n) is 9.44. The maximum Gasteiger partial charge on any atom is 0.262 e. The van der Waals surface area contributed by atoms with Crippen LogP contribution in [0.2, 0.25) is 0 Å². The van der Waals surface area contributed by atoms with Crippen LogP contribution in [0, 0.1) is 3.57 Å². The van der Waals surface area contributed by atoms with E-state index in [1.54, 1.807) is 6.21 Å². The molecule has 0 aliphatic rings. The number of benzene rings is 3. The number of hydrazone groups is 1. The molecule has 0 saturated heterocycles. The van der Waals surface area contributed by atoms with Crippen molar-refractivity contribution in [3.05, 3.63) is 81.9 Å². The quantitative estimate of drug-likeness (QED) is 0.235. The Morgan fingerprint density at radius 3 is 2.33 bits per heavy atom. The van der Waals surface area contributed by atoms with E-state index < -0.39 is 0 Å². The van der Waals surface area contributed by atoms with Crippen LogP contribution in [0.15, 0.2) is 77.9 Å². The highest BCUT2D eigenvalue weighted by Crippen LogP contribution is 2.34. The lowest BCUT2D eigenvalue weighted by Crippen LogP contribution is -2.20. The van der Waals surface area contributed by atoms with E-state index in [-0.39, 0.29) is 12.5 Å². The highest BCUT2D eigenvalue weighted by Gasteiger charge is 2.14. The first kappa shape index (κ1) is 21.6. The summed E-state index contributed by atoms with van der Waals surface area (Å²) in [7, 11) is 0. The molecule has 0 bridgehead atoms. The van der Waals surface area contributed by atoms with Gasteiger partial charge in [-0.05, 0) is 71.5 Å². The summed E-state index contributed by atoms with van der Waals surface area (Å²) in [6.07, 6.45) is 1.71. The minimum absolute atomic E-state index is 0.117. The van der Waals surface area contributed by atoms with Crippen molar-refractivity contribution < 1.29 is 14.3 Å². The number of carbonyl (C=O) groups is 1. The standard InChI is InChI=1S/C23H22IN3O3/c1-2-29-21-14-17(15-25-27-19-11-7-4-8-12-19)13-20(24)23(21)30-16-22(28)26-18-9-5-3-6-10-18/h3-15,27H,2,16H2,1H3,(H,26,28)/b25-15+. The smallest absolute Gasteiger partial charge is 0.262 e. The first-order chi connectivity index (χ1) is 14.7. The van der Waals surface area contributed by atoms with Crippen LogP contribution in [0.5, 0.6) is 11.5 Å². The zero-order valence-corrected chi connectivity index (χ0v) is 18.6. The third-order valence-electron chi connectivity index (χ3n) is 3.92. The van der Waals surface area contributed by atoms with Gasteiger partial charge in [0.25, 0.3) is 5.91 Å². The Balaban J connectivity index is 1.67. The molecule has 6 nitrogen and oxygen atoms in total. The summed E-state index contributed by atoms with van der Waals surface area (Å²) in [5.74, 6) is 0.865. The van der Waals surface area contributed by atoms with E-state index in [1.165, 1.54) is 0 Å². The molecule has 0 atom stereocenters. The Kier molecular flexibility index (Phi) is 8.08. The van der Waals surface area contributed by atoms with E-state index >= 15 is 0 Å². The molecule has 3 rings (SSSR count). The van der Waals surface area contributed by atoms with E-state index in [9.17, 15) is 4.79 Å². The lowest BCUT2D eigenvalue weighted by molar-refractivity contribution is -0.118. The topological polar surface area (TPSA) is 71.9 Å². The van der Waals surface area contributed by atoms with Gasteiger partial charge in [-0.2, -0.15) is 5.10 Å². The van der Waals surface area contributed by atoms with Gasteiger partial charge in [0.2, 0.25) is 0 Å². The number of halogens is 1. The molecule has 1 amide bonds. The number of nitrogens with zero attached hydrogens (tertiary/aromatic N) is 1. The molecule has 0 radical (unpaired) electrons. The molecule has 0 aromatic heterocycles. The van der Waals surface area contributed by atoms with Gasteiger partial charge in [-0.3, -0.25) is 10.2 Å². The second kappa shape index (κ2) is 11.2. The Labute approximate surface area is 189 Å². The Hall–Kier alpha value is -3.07. The van der Waals surface area contributed by atoms with Crippen molar-refractivity contribution in [3.8, 4) is 11.5 Å². The predicted octanol–water partition coefficient (Wildman–Crippen LogP) is 5.15. The van der Waals surface area contributed by atoms with Gasteiger partial charge in [0, 0.05) is 5.69 Å². The Bertz CT molecular complexity index is 995. The molecule has 30 heavy (non-hydrogen) atoms. The Morgan fingerprint density at radius 2 is 1.67 bits per heavy atom. The van der Waals surface area contributed by atoms with Crippen LogP contribution >= 0.6 is 22.6 Å². The minimum Gasteiger partial charge on any atom is -0.490 e. The molecule has 0 heterocycles. The molecule has 154 valence electrons. The largest absolute Gasteiger partial charge is 0.490 e. The Morgan fingerprint density at radius 1 is 1.00 bits per heavy atom. The number of hydrogen-bond acceptors (Lipinski definition) is 5. The number of amides is 1. The molecule has 0 spiro atoms. The third-order valence-corrected chi connectivity index (χ3v) is 4.72. The third kappa shape index (κ3) is 6.48. The molecule has 0 fully saturated rings. The maximum absolute atomic E-state index is 12.2. The van der Waals surface area contributed by atoms with E-state index in [4.69, 9.17) is 9.47 Å². The van der Waals surface area contributed by atoms with E-state index in [2.05, 4.69) is 38.4 Å². The number of anilines is 2. The van der Waals surface area contributed by atoms with Crippen LogP contribution in [0.4, 0.5) is 11.4 Å². The molecule has 3 aromatic carbocycles. The van der Waals surface area contributed by atoms with Crippen LogP contribution in [0.1, 0.15) is 12.5 Å². The van der Waals surface area contributed by atoms with Gasteiger partial charge >= 0.3 is 0 Å². The van der Waals surface area contributed by atoms with Gasteiger partial charge in [-0.25, -0.2) is 0 Å². The van der Waals surface area contributed by atoms with Crippen LogP contribution in [0.25, 0.3) is 0 Å². The molecule has 0 saturated carbocycles. The predicted molar refractivity (Wildman–Crippen MR) is 129 cm³/mol. The second-order valence-electron chi connectivity index (χ2n) is 6.20. The van der Waals surface area contributed by atoms with Crippen LogP contribution < -0.4 is 20.2 Å². The average molecular weight is 515 g/mol. The van der Waals surface area contributed by atoms with Gasteiger partial charge < -0.3 is 14.8 Å². The van der Waals surface area contributed by atoms with Crippen molar-refractivity contribution in [2.24, 2.45) is 5.10 Å². The van der Waals surface area contributed by atoms with Gasteiger partial charge in [0.1, 0.15) is 0 Å². The van der Waals surface area contributed by atoms with E-state index in [0.717, 1.165) is 20.5 Å². The monoisotopic (exact) mass is 515 g/mol. The van der Waals surface area contributed by atoms with Crippen molar-refractivity contribution in [2.75, 3.05) is 24.0 Å². The molecule has 7 heteroatoms. The zero-order chi connectivity index (χ0) is 21.2. The fourth-order valence-corrected chi connectivity index (χ4v) is 3.40. The molecular weight excluding hydrogens is 493 g/mol. The van der Waals surface area contributed by atoms with Gasteiger partial charge in [-0.15, -0.1) is 0 Å². The van der Waals surface area contributed by atoms with Crippen molar-refractivity contribution in [1.82, 2.24) is 0 Å². The van der Waals surface area contributed by atoms with Gasteiger partial charge in [0.05, 0.1) is 22.1 Å². The first-order valence-corrected chi connectivity index (χ1v) is 10.5. The highest BCUT2D eigenvalue weighted by molar-refractivity contribution is 14.1. The van der Waals surface area contributed by atoms with Gasteiger partial charge in [-0.1, -0.05) is 36.4 Å². The van der Waals surface area contributed by atoms with Gasteiger partial charge in [0.15, 0.2) is 18.1 Å². The van der Waals surface area contributed by atoms with Crippen molar-refractivity contribution in [2.45, 2.75) is 6.92 Å². The lowest BCUT2D eigenvalue weighted by Gasteiger charge is -2.14. The summed E-state index contributed by atoms with van der Waals surface area (Å²) in [6.45, 7) is 2.26. The maximum atomic E-state index is 12.2. The fraction of sp³-hybridized carbons (Fsp3) is 0.130. The molecular formula is C23H22IN3O3. The number of ether oxygens (including phenoxy) is 2. The fourth-order valence-electron chi connectivity index (χ4n) is 2.62. The highest BCUT2D eigenvalue weighted by atomic mass is 127. The molecule has 0 aliphatic heterocycles. The summed E-state index contributed by atoms with van der Waals surface area (Å²) >= 11 is 2.17. The molecule has 0 aliphatic carbocycles. The molecule has 2 N–H and O–H groups in total. The lowest BCUT2D eigenvalue weighted by atomic mass is 10.2. The second-order valence-corrected chi connectivity index (χ2v) is 7.36. The zero-order valence-electron chi connectivity index (χ0n) is 16.5. The number of para-hydroxylation sites is 2.